The number of carbonyl (C=O) groups is 1. The van der Waals surface area contributed by atoms with Gasteiger partial charge in [-0.2, -0.15) is 5.10 Å². The summed E-state index contributed by atoms with van der Waals surface area (Å²) in [4.78, 5) is 19.2. The fourth-order valence-corrected chi connectivity index (χ4v) is 3.67. The minimum atomic E-state index is -0.0566. The molecule has 1 aliphatic heterocycles. The van der Waals surface area contributed by atoms with Crippen molar-refractivity contribution in [2.75, 3.05) is 6.61 Å². The SMILES string of the molecule is C[C@H]1COc2ccc(-c3cccnc3)cc2CN1C(=O)c1cc(C2CC2)[nH]n1. The highest BCUT2D eigenvalue weighted by Gasteiger charge is 2.30. The Labute approximate surface area is 163 Å². The van der Waals surface area contributed by atoms with Crippen LogP contribution in [0.25, 0.3) is 11.1 Å². The van der Waals surface area contributed by atoms with E-state index in [1.807, 2.05) is 48.4 Å². The minimum Gasteiger partial charge on any atom is -0.491 e. The number of aromatic nitrogens is 3. The largest absolute Gasteiger partial charge is 0.491 e. The number of benzene rings is 1. The zero-order chi connectivity index (χ0) is 19.1. The van der Waals surface area contributed by atoms with Crippen molar-refractivity contribution < 1.29 is 9.53 Å². The van der Waals surface area contributed by atoms with E-state index in [4.69, 9.17) is 4.74 Å². The number of H-pyrrole nitrogens is 1. The molecule has 1 amide bonds. The summed E-state index contributed by atoms with van der Waals surface area (Å²) in [6.07, 6.45) is 5.95. The molecule has 1 aromatic carbocycles. The topological polar surface area (TPSA) is 71.1 Å². The summed E-state index contributed by atoms with van der Waals surface area (Å²) in [6.45, 7) is 2.97. The van der Waals surface area contributed by atoms with Gasteiger partial charge >= 0.3 is 0 Å². The van der Waals surface area contributed by atoms with Gasteiger partial charge in [0.25, 0.3) is 5.91 Å². The van der Waals surface area contributed by atoms with Crippen LogP contribution in [0.4, 0.5) is 0 Å². The summed E-state index contributed by atoms with van der Waals surface area (Å²) in [5, 5.41) is 7.31. The summed E-state index contributed by atoms with van der Waals surface area (Å²) in [7, 11) is 0. The van der Waals surface area contributed by atoms with Crippen LogP contribution in [0.1, 0.15) is 47.4 Å². The number of carbonyl (C=O) groups excluding carboxylic acids is 1. The number of aromatic amines is 1. The summed E-state index contributed by atoms with van der Waals surface area (Å²) < 4.78 is 5.98. The van der Waals surface area contributed by atoms with Crippen molar-refractivity contribution in [3.63, 3.8) is 0 Å². The second-order valence-corrected chi connectivity index (χ2v) is 7.64. The van der Waals surface area contributed by atoms with E-state index in [1.165, 1.54) is 12.8 Å². The Morgan fingerprint density at radius 2 is 2.11 bits per heavy atom. The van der Waals surface area contributed by atoms with Crippen molar-refractivity contribution in [3.8, 4) is 16.9 Å². The average Bonchev–Trinajstić information content (AvgIpc) is 3.49. The van der Waals surface area contributed by atoms with Gasteiger partial charge in [0.1, 0.15) is 18.1 Å². The molecule has 6 heteroatoms. The molecule has 142 valence electrons. The Balaban J connectivity index is 1.44. The van der Waals surface area contributed by atoms with Crippen LogP contribution in [0, 0.1) is 0 Å². The molecule has 1 saturated carbocycles. The van der Waals surface area contributed by atoms with E-state index < -0.39 is 0 Å². The quantitative estimate of drug-likeness (QED) is 0.757. The Morgan fingerprint density at radius 1 is 1.21 bits per heavy atom. The fourth-order valence-electron chi connectivity index (χ4n) is 3.67. The smallest absolute Gasteiger partial charge is 0.275 e. The van der Waals surface area contributed by atoms with Gasteiger partial charge in [-0.05, 0) is 49.6 Å². The first kappa shape index (κ1) is 17.0. The van der Waals surface area contributed by atoms with Gasteiger partial charge in [0, 0.05) is 35.1 Å². The van der Waals surface area contributed by atoms with E-state index >= 15 is 0 Å². The first-order chi connectivity index (χ1) is 13.7. The van der Waals surface area contributed by atoms with Crippen molar-refractivity contribution in [3.05, 3.63) is 65.7 Å². The summed E-state index contributed by atoms with van der Waals surface area (Å²) >= 11 is 0. The first-order valence-electron chi connectivity index (χ1n) is 9.71. The molecule has 1 atom stereocenters. The van der Waals surface area contributed by atoms with Gasteiger partial charge in [0.2, 0.25) is 0 Å². The third-order valence-corrected chi connectivity index (χ3v) is 5.50. The lowest BCUT2D eigenvalue weighted by atomic mass is 10.0. The molecule has 5 rings (SSSR count). The van der Waals surface area contributed by atoms with Crippen LogP contribution in [0.3, 0.4) is 0 Å². The second kappa shape index (κ2) is 6.78. The Bertz CT molecular complexity index is 1010. The van der Waals surface area contributed by atoms with Gasteiger partial charge in [0.05, 0.1) is 12.6 Å². The van der Waals surface area contributed by atoms with Crippen LogP contribution in [-0.2, 0) is 6.54 Å². The van der Waals surface area contributed by atoms with Crippen molar-refractivity contribution in [1.82, 2.24) is 20.1 Å². The summed E-state index contributed by atoms with van der Waals surface area (Å²) in [5.74, 6) is 1.32. The van der Waals surface area contributed by atoms with E-state index in [9.17, 15) is 4.79 Å². The highest BCUT2D eigenvalue weighted by molar-refractivity contribution is 5.92. The molecule has 1 aliphatic carbocycles. The predicted octanol–water partition coefficient (Wildman–Crippen LogP) is 3.77. The van der Waals surface area contributed by atoms with Crippen LogP contribution < -0.4 is 4.74 Å². The maximum Gasteiger partial charge on any atom is 0.275 e. The van der Waals surface area contributed by atoms with Gasteiger partial charge in [-0.15, -0.1) is 0 Å². The number of pyridine rings is 1. The van der Waals surface area contributed by atoms with Crippen molar-refractivity contribution in [2.45, 2.75) is 38.3 Å². The third kappa shape index (κ3) is 3.15. The van der Waals surface area contributed by atoms with Crippen LogP contribution in [0.5, 0.6) is 5.75 Å². The molecule has 0 unspecified atom stereocenters. The number of nitrogens with zero attached hydrogens (tertiary/aromatic N) is 3. The number of nitrogens with one attached hydrogen (secondary N) is 1. The van der Waals surface area contributed by atoms with Crippen molar-refractivity contribution >= 4 is 5.91 Å². The zero-order valence-corrected chi connectivity index (χ0v) is 15.8. The van der Waals surface area contributed by atoms with Crippen LogP contribution in [0.2, 0.25) is 0 Å². The van der Waals surface area contributed by atoms with E-state index in [1.54, 1.807) is 6.20 Å². The number of hydrogen-bond donors (Lipinski definition) is 1. The lowest BCUT2D eigenvalue weighted by Crippen LogP contribution is -2.40. The molecular weight excluding hydrogens is 352 g/mol. The molecule has 6 nitrogen and oxygen atoms in total. The lowest BCUT2D eigenvalue weighted by molar-refractivity contribution is 0.0639. The number of fused-ring (bicyclic) bond motifs is 1. The van der Waals surface area contributed by atoms with Crippen LogP contribution in [0.15, 0.2) is 48.8 Å². The maximum absolute atomic E-state index is 13.2. The number of hydrogen-bond acceptors (Lipinski definition) is 4. The van der Waals surface area contributed by atoms with E-state index in [2.05, 4.69) is 21.2 Å². The summed E-state index contributed by atoms with van der Waals surface area (Å²) in [5.41, 5.74) is 4.66. The summed E-state index contributed by atoms with van der Waals surface area (Å²) in [6, 6.07) is 11.9. The number of ether oxygens (including phenoxy) is 1. The highest BCUT2D eigenvalue weighted by Crippen LogP contribution is 2.39. The Morgan fingerprint density at radius 3 is 2.89 bits per heavy atom. The number of rotatable bonds is 3. The highest BCUT2D eigenvalue weighted by atomic mass is 16.5. The maximum atomic E-state index is 13.2. The predicted molar refractivity (Wildman–Crippen MR) is 105 cm³/mol. The molecule has 28 heavy (non-hydrogen) atoms. The fraction of sp³-hybridized carbons (Fsp3) is 0.318. The Kier molecular flexibility index (Phi) is 4.11. The van der Waals surface area contributed by atoms with Crippen molar-refractivity contribution in [2.24, 2.45) is 0 Å². The zero-order valence-electron chi connectivity index (χ0n) is 15.8. The molecule has 0 saturated heterocycles. The normalized spacial score (nSPS) is 18.9. The van der Waals surface area contributed by atoms with E-state index in [0.717, 1.165) is 28.1 Å². The molecule has 0 radical (unpaired) electrons. The van der Waals surface area contributed by atoms with Gasteiger partial charge < -0.3 is 9.64 Å². The van der Waals surface area contributed by atoms with Gasteiger partial charge in [-0.25, -0.2) is 0 Å². The van der Waals surface area contributed by atoms with Gasteiger partial charge in [-0.3, -0.25) is 14.9 Å². The van der Waals surface area contributed by atoms with E-state index in [-0.39, 0.29) is 11.9 Å². The molecule has 2 aromatic heterocycles. The molecule has 0 spiro atoms. The van der Waals surface area contributed by atoms with Gasteiger partial charge in [0.15, 0.2) is 0 Å². The molecule has 2 aliphatic rings. The van der Waals surface area contributed by atoms with Gasteiger partial charge in [-0.1, -0.05) is 12.1 Å². The first-order valence-corrected chi connectivity index (χ1v) is 9.71. The van der Waals surface area contributed by atoms with E-state index in [0.29, 0.717) is 24.8 Å². The molecule has 1 fully saturated rings. The molecule has 3 heterocycles. The Hall–Kier alpha value is -3.15. The molecular formula is C22H22N4O2. The molecule has 3 aromatic rings. The van der Waals surface area contributed by atoms with Crippen molar-refractivity contribution in [1.29, 1.82) is 0 Å². The second-order valence-electron chi connectivity index (χ2n) is 7.64. The lowest BCUT2D eigenvalue weighted by Gasteiger charge is -2.25. The minimum absolute atomic E-state index is 0.0391. The standard InChI is InChI=1S/C22H22N4O2/c1-14-13-28-21-7-6-16(17-3-2-8-23-11-17)9-18(21)12-26(14)22(27)20-10-19(24-25-20)15-4-5-15/h2-3,6-11,14-15H,4-5,12-13H2,1H3,(H,24,25)/t14-/m0/s1. The monoisotopic (exact) mass is 374 g/mol. The molecule has 1 N–H and O–H groups in total. The third-order valence-electron chi connectivity index (χ3n) is 5.50. The van der Waals surface area contributed by atoms with Crippen LogP contribution in [-0.4, -0.2) is 38.6 Å². The molecule has 0 bridgehead atoms. The number of amides is 1. The van der Waals surface area contributed by atoms with Crippen LogP contribution >= 0.6 is 0 Å². The average molecular weight is 374 g/mol.